The zero-order valence-corrected chi connectivity index (χ0v) is 10.4. The van der Waals surface area contributed by atoms with Gasteiger partial charge in [0, 0.05) is 6.42 Å². The highest BCUT2D eigenvalue weighted by Crippen LogP contribution is 2.24. The highest BCUT2D eigenvalue weighted by atomic mass is 16.5. The molecular formula is C15H20O2. The molecule has 0 aromatic heterocycles. The molecule has 1 fully saturated rings. The van der Waals surface area contributed by atoms with Crippen molar-refractivity contribution >= 4 is 5.78 Å². The van der Waals surface area contributed by atoms with Gasteiger partial charge in [0.25, 0.3) is 0 Å². The first kappa shape index (κ1) is 12.2. The molecule has 92 valence electrons. The fraction of sp³-hybridized carbons (Fsp3) is 0.533. The first-order chi connectivity index (χ1) is 8.24. The molecule has 1 aliphatic rings. The number of aryl methyl sites for hydroxylation is 1. The molecular weight excluding hydrogens is 212 g/mol. The van der Waals surface area contributed by atoms with Crippen LogP contribution in [-0.2, 0) is 11.2 Å². The molecule has 0 unspecified atom stereocenters. The summed E-state index contributed by atoms with van der Waals surface area (Å²) in [5, 5.41) is 0. The molecule has 0 heterocycles. The number of Topliss-reactive ketones (excluding diaryl/α,β-unsaturated/α-hetero) is 1. The smallest absolute Gasteiger partial charge is 0.130 e. The van der Waals surface area contributed by atoms with E-state index in [0.717, 1.165) is 12.2 Å². The summed E-state index contributed by atoms with van der Waals surface area (Å²) in [7, 11) is 0. The van der Waals surface area contributed by atoms with Crippen LogP contribution in [0.2, 0.25) is 0 Å². The molecule has 0 radical (unpaired) electrons. The van der Waals surface area contributed by atoms with E-state index in [1.807, 2.05) is 12.1 Å². The Morgan fingerprint density at radius 3 is 2.47 bits per heavy atom. The van der Waals surface area contributed by atoms with Crippen LogP contribution in [0.15, 0.2) is 24.3 Å². The monoisotopic (exact) mass is 232 g/mol. The predicted octanol–water partition coefficient (Wildman–Crippen LogP) is 3.53. The summed E-state index contributed by atoms with van der Waals surface area (Å²) in [5.74, 6) is 1.21. The minimum atomic E-state index is 0.247. The van der Waals surface area contributed by atoms with Gasteiger partial charge in [-0.05, 0) is 56.7 Å². The van der Waals surface area contributed by atoms with Crippen molar-refractivity contribution < 1.29 is 9.53 Å². The molecule has 0 N–H and O–H groups in total. The largest absolute Gasteiger partial charge is 0.490 e. The number of benzene rings is 1. The van der Waals surface area contributed by atoms with E-state index in [4.69, 9.17) is 4.74 Å². The van der Waals surface area contributed by atoms with E-state index < -0.39 is 0 Å². The number of rotatable bonds is 5. The minimum absolute atomic E-state index is 0.247. The van der Waals surface area contributed by atoms with Crippen LogP contribution in [-0.4, -0.2) is 11.9 Å². The Morgan fingerprint density at radius 2 is 1.88 bits per heavy atom. The quantitative estimate of drug-likeness (QED) is 0.776. The van der Waals surface area contributed by atoms with Crippen LogP contribution >= 0.6 is 0 Å². The van der Waals surface area contributed by atoms with Crippen molar-refractivity contribution in [3.8, 4) is 5.75 Å². The maximum absolute atomic E-state index is 10.9. The summed E-state index contributed by atoms with van der Waals surface area (Å²) in [6.07, 6.45) is 6.83. The van der Waals surface area contributed by atoms with E-state index in [1.165, 1.54) is 31.2 Å². The first-order valence-electron chi connectivity index (χ1n) is 6.49. The average molecular weight is 232 g/mol. The number of hydrogen-bond donors (Lipinski definition) is 0. The summed E-state index contributed by atoms with van der Waals surface area (Å²) in [6.45, 7) is 1.64. The summed E-state index contributed by atoms with van der Waals surface area (Å²) in [6, 6.07) is 8.17. The lowest BCUT2D eigenvalue weighted by Crippen LogP contribution is -2.10. The Morgan fingerprint density at radius 1 is 1.24 bits per heavy atom. The standard InChI is InChI=1S/C15H20O2/c1-12(16)6-7-13-8-10-15(11-9-13)17-14-4-2-3-5-14/h8-11,14H,2-7H2,1H3. The van der Waals surface area contributed by atoms with Gasteiger partial charge in [0.05, 0.1) is 6.10 Å². The summed E-state index contributed by atoms with van der Waals surface area (Å²) >= 11 is 0. The third-order valence-corrected chi connectivity index (χ3v) is 3.29. The zero-order valence-electron chi connectivity index (χ0n) is 10.4. The van der Waals surface area contributed by atoms with Gasteiger partial charge in [-0.1, -0.05) is 12.1 Å². The van der Waals surface area contributed by atoms with E-state index in [1.54, 1.807) is 6.92 Å². The van der Waals surface area contributed by atoms with Gasteiger partial charge in [-0.2, -0.15) is 0 Å². The maximum atomic E-state index is 10.9. The van der Waals surface area contributed by atoms with Gasteiger partial charge in [-0.3, -0.25) is 0 Å². The van der Waals surface area contributed by atoms with Gasteiger partial charge < -0.3 is 9.53 Å². The van der Waals surface area contributed by atoms with Crippen LogP contribution in [0.3, 0.4) is 0 Å². The second-order valence-corrected chi connectivity index (χ2v) is 4.87. The number of ether oxygens (including phenoxy) is 1. The Kier molecular flexibility index (Phi) is 4.18. The number of carbonyl (C=O) groups is 1. The Bertz CT molecular complexity index is 361. The topological polar surface area (TPSA) is 26.3 Å². The van der Waals surface area contributed by atoms with E-state index in [-0.39, 0.29) is 5.78 Å². The van der Waals surface area contributed by atoms with Crippen molar-refractivity contribution in [3.63, 3.8) is 0 Å². The Hall–Kier alpha value is -1.31. The van der Waals surface area contributed by atoms with E-state index in [0.29, 0.717) is 12.5 Å². The zero-order chi connectivity index (χ0) is 12.1. The summed E-state index contributed by atoms with van der Waals surface area (Å²) in [4.78, 5) is 10.9. The third-order valence-electron chi connectivity index (χ3n) is 3.29. The fourth-order valence-corrected chi connectivity index (χ4v) is 2.25. The van der Waals surface area contributed by atoms with E-state index in [2.05, 4.69) is 12.1 Å². The Balaban J connectivity index is 1.86. The summed E-state index contributed by atoms with van der Waals surface area (Å²) < 4.78 is 5.89. The first-order valence-corrected chi connectivity index (χ1v) is 6.49. The normalized spacial score (nSPS) is 16.1. The molecule has 1 aromatic rings. The molecule has 1 saturated carbocycles. The molecule has 17 heavy (non-hydrogen) atoms. The maximum Gasteiger partial charge on any atom is 0.130 e. The van der Waals surface area contributed by atoms with Crippen molar-refractivity contribution in [3.05, 3.63) is 29.8 Å². The lowest BCUT2D eigenvalue weighted by Gasteiger charge is -2.13. The minimum Gasteiger partial charge on any atom is -0.490 e. The van der Waals surface area contributed by atoms with Gasteiger partial charge in [0.1, 0.15) is 11.5 Å². The van der Waals surface area contributed by atoms with Crippen LogP contribution in [0.25, 0.3) is 0 Å². The molecule has 1 aliphatic carbocycles. The predicted molar refractivity (Wildman–Crippen MR) is 68.3 cm³/mol. The SMILES string of the molecule is CC(=O)CCc1ccc(OC2CCCC2)cc1. The molecule has 0 bridgehead atoms. The van der Waals surface area contributed by atoms with Gasteiger partial charge in [-0.15, -0.1) is 0 Å². The van der Waals surface area contributed by atoms with E-state index >= 15 is 0 Å². The Labute approximate surface area is 103 Å². The summed E-state index contributed by atoms with van der Waals surface area (Å²) in [5.41, 5.74) is 1.21. The van der Waals surface area contributed by atoms with Crippen LogP contribution in [0, 0.1) is 0 Å². The fourth-order valence-electron chi connectivity index (χ4n) is 2.25. The number of carbonyl (C=O) groups excluding carboxylic acids is 1. The van der Waals surface area contributed by atoms with Gasteiger partial charge in [0.15, 0.2) is 0 Å². The molecule has 0 amide bonds. The molecule has 0 spiro atoms. The molecule has 1 aromatic carbocycles. The molecule has 2 rings (SSSR count). The number of hydrogen-bond acceptors (Lipinski definition) is 2. The lowest BCUT2D eigenvalue weighted by atomic mass is 10.1. The highest BCUT2D eigenvalue weighted by molar-refractivity contribution is 5.75. The highest BCUT2D eigenvalue weighted by Gasteiger charge is 2.16. The van der Waals surface area contributed by atoms with Gasteiger partial charge in [-0.25, -0.2) is 0 Å². The second kappa shape index (κ2) is 5.85. The molecule has 0 atom stereocenters. The molecule has 0 saturated heterocycles. The number of ketones is 1. The second-order valence-electron chi connectivity index (χ2n) is 4.87. The van der Waals surface area contributed by atoms with Crippen molar-refractivity contribution in [2.75, 3.05) is 0 Å². The van der Waals surface area contributed by atoms with Crippen LogP contribution in [0.4, 0.5) is 0 Å². The third kappa shape index (κ3) is 3.88. The lowest BCUT2D eigenvalue weighted by molar-refractivity contribution is -0.116. The van der Waals surface area contributed by atoms with Gasteiger partial charge >= 0.3 is 0 Å². The van der Waals surface area contributed by atoms with Gasteiger partial charge in [0.2, 0.25) is 0 Å². The van der Waals surface area contributed by atoms with Crippen LogP contribution in [0.5, 0.6) is 5.75 Å². The molecule has 2 heteroatoms. The van der Waals surface area contributed by atoms with Crippen LogP contribution in [0.1, 0.15) is 44.6 Å². The van der Waals surface area contributed by atoms with Crippen molar-refractivity contribution in [1.82, 2.24) is 0 Å². The van der Waals surface area contributed by atoms with E-state index in [9.17, 15) is 4.79 Å². The van der Waals surface area contributed by atoms with Crippen LogP contribution < -0.4 is 4.74 Å². The average Bonchev–Trinajstić information content (AvgIpc) is 2.81. The molecule has 0 aliphatic heterocycles. The van der Waals surface area contributed by atoms with Crippen molar-refractivity contribution in [2.45, 2.75) is 51.6 Å². The van der Waals surface area contributed by atoms with Crippen molar-refractivity contribution in [2.24, 2.45) is 0 Å². The molecule has 2 nitrogen and oxygen atoms in total. The van der Waals surface area contributed by atoms with Crippen molar-refractivity contribution in [1.29, 1.82) is 0 Å².